The number of aromatic nitrogens is 2. The molecule has 0 saturated carbocycles. The summed E-state index contributed by atoms with van der Waals surface area (Å²) in [4.78, 5) is 52.0. The molecular weight excluding hydrogens is 686 g/mol. The Labute approximate surface area is 319 Å². The van der Waals surface area contributed by atoms with Crippen LogP contribution in [-0.4, -0.2) is 94.3 Å². The van der Waals surface area contributed by atoms with Gasteiger partial charge < -0.3 is 50.1 Å². The number of carbonyl (C=O) groups is 4. The zero-order valence-corrected chi connectivity index (χ0v) is 32.4. The molecule has 0 spiro atoms. The van der Waals surface area contributed by atoms with E-state index in [2.05, 4.69) is 20.4 Å². The highest BCUT2D eigenvalue weighted by atomic mass is 16.6. The standard InChI is InChI=1S/C22H32BN2O4.C18H24BN2O4/c1-14(2)17(21(28)29-22(3,4)5)11-20(27)19(25-23-13-26)10-15-12-24-18-9-7-6-8-16(15)18;1-11(2)14(18(24)25)8-17(23)16(21-19-10-22)7-12-9-20-15-6-4-3-5-13(12)15/h6-9,12-14,17,19-20,24-25,27H,10-11H2,1-5H3;3-6,9-11,14,16-17,20-21,23H,7-8H2,1-2H3,(H,24,25)/t17?,19-,20-;14?,16-,17-/m00/s1. The molecular formula is C40H56B2N4O8. The highest BCUT2D eigenvalue weighted by molar-refractivity contribution is 6.64. The number of H-pyrrole nitrogens is 2. The maximum atomic E-state index is 12.6. The maximum absolute atomic E-state index is 12.6. The van der Waals surface area contributed by atoms with Gasteiger partial charge in [-0.2, -0.15) is 0 Å². The number of ether oxygens (including phenoxy) is 1. The summed E-state index contributed by atoms with van der Waals surface area (Å²) in [5.74, 6) is -2.37. The Morgan fingerprint density at radius 1 is 0.741 bits per heavy atom. The monoisotopic (exact) mass is 742 g/mol. The summed E-state index contributed by atoms with van der Waals surface area (Å²) >= 11 is 0. The normalized spacial score (nSPS) is 15.1. The Morgan fingerprint density at radius 3 is 1.52 bits per heavy atom. The summed E-state index contributed by atoms with van der Waals surface area (Å²) in [7, 11) is 2.54. The van der Waals surface area contributed by atoms with Crippen molar-refractivity contribution in [1.82, 2.24) is 20.4 Å². The predicted molar refractivity (Wildman–Crippen MR) is 214 cm³/mol. The SMILES string of the molecule is CC(C)C(C[C@H](O)[C@H](Cc1c[nH]c2ccccc12)N[B]C=O)C(=O)O.CC(C)C(C[C@H](O)[C@H](Cc1c[nH]c2ccccc12)N[B]C=O)C(=O)OC(C)(C)C. The molecule has 6 atom stereocenters. The molecule has 0 aliphatic heterocycles. The van der Waals surface area contributed by atoms with Crippen molar-refractivity contribution in [3.05, 3.63) is 72.1 Å². The van der Waals surface area contributed by atoms with E-state index in [0.29, 0.717) is 25.2 Å². The molecule has 2 heterocycles. The van der Waals surface area contributed by atoms with Gasteiger partial charge in [-0.1, -0.05) is 64.1 Å². The highest BCUT2D eigenvalue weighted by Gasteiger charge is 2.33. The number of aliphatic hydroxyl groups excluding tert-OH is 2. The van der Waals surface area contributed by atoms with Gasteiger partial charge >= 0.3 is 11.9 Å². The molecule has 4 aromatic rings. The molecule has 4 rings (SSSR count). The number of benzene rings is 2. The van der Waals surface area contributed by atoms with Gasteiger partial charge in [0.2, 0.25) is 0 Å². The van der Waals surface area contributed by atoms with Crippen molar-refractivity contribution in [3.63, 3.8) is 0 Å². The first-order valence-corrected chi connectivity index (χ1v) is 18.5. The van der Waals surface area contributed by atoms with Gasteiger partial charge in [-0.25, -0.2) is 0 Å². The number of nitrogens with one attached hydrogen (secondary N) is 4. The zero-order valence-electron chi connectivity index (χ0n) is 32.4. The number of aliphatic hydroxyl groups is 2. The number of para-hydroxylation sites is 2. The fourth-order valence-corrected chi connectivity index (χ4v) is 6.54. The van der Waals surface area contributed by atoms with Crippen molar-refractivity contribution < 1.29 is 39.2 Å². The first-order chi connectivity index (χ1) is 25.6. The lowest BCUT2D eigenvalue weighted by molar-refractivity contribution is -0.163. The summed E-state index contributed by atoms with van der Waals surface area (Å²) in [5, 5.41) is 38.9. The van der Waals surface area contributed by atoms with Gasteiger partial charge in [0.1, 0.15) is 5.60 Å². The van der Waals surface area contributed by atoms with Gasteiger partial charge in [0.25, 0.3) is 14.8 Å². The van der Waals surface area contributed by atoms with E-state index in [1.54, 1.807) is 0 Å². The third-order valence-corrected chi connectivity index (χ3v) is 9.54. The molecule has 0 amide bonds. The number of carboxylic acid groups (broad SMARTS) is 1. The topological polar surface area (TPSA) is 194 Å². The number of aromatic amines is 2. The van der Waals surface area contributed by atoms with Crippen molar-refractivity contribution in [2.45, 2.75) is 104 Å². The van der Waals surface area contributed by atoms with E-state index >= 15 is 0 Å². The zero-order chi connectivity index (χ0) is 40.0. The second kappa shape index (κ2) is 21.0. The van der Waals surface area contributed by atoms with Crippen molar-refractivity contribution >= 4 is 60.9 Å². The van der Waals surface area contributed by atoms with E-state index in [0.717, 1.165) is 32.9 Å². The number of hydrogen-bond donors (Lipinski definition) is 7. The molecule has 0 bridgehead atoms. The third kappa shape index (κ3) is 13.3. The highest BCUT2D eigenvalue weighted by Crippen LogP contribution is 2.26. The fraction of sp³-hybridized carbons (Fsp3) is 0.500. The molecule has 290 valence electrons. The van der Waals surface area contributed by atoms with Crippen LogP contribution in [-0.2, 0) is 36.8 Å². The van der Waals surface area contributed by atoms with E-state index < -0.39 is 47.7 Å². The Hall–Kier alpha value is -4.23. The van der Waals surface area contributed by atoms with Crippen LogP contribution < -0.4 is 10.5 Å². The van der Waals surface area contributed by atoms with Crippen molar-refractivity contribution in [2.75, 3.05) is 0 Å². The van der Waals surface area contributed by atoms with Crippen LogP contribution >= 0.6 is 0 Å². The lowest BCUT2D eigenvalue weighted by Gasteiger charge is -2.30. The number of carboxylic acids is 1. The molecule has 2 unspecified atom stereocenters. The molecule has 2 aromatic heterocycles. The van der Waals surface area contributed by atoms with Gasteiger partial charge in [0.15, 0.2) is 0 Å². The minimum absolute atomic E-state index is 0.0169. The van der Waals surface area contributed by atoms with E-state index in [4.69, 9.17) is 4.74 Å². The smallest absolute Gasteiger partial charge is 0.309 e. The summed E-state index contributed by atoms with van der Waals surface area (Å²) in [5.41, 5.74) is 3.47. The van der Waals surface area contributed by atoms with Crippen molar-refractivity contribution in [3.8, 4) is 0 Å². The maximum Gasteiger partial charge on any atom is 0.309 e. The average molecular weight is 743 g/mol. The molecule has 54 heavy (non-hydrogen) atoms. The molecule has 0 aliphatic carbocycles. The third-order valence-electron chi connectivity index (χ3n) is 9.54. The van der Waals surface area contributed by atoms with Gasteiger partial charge in [0.05, 0.1) is 36.4 Å². The van der Waals surface area contributed by atoms with E-state index in [1.165, 1.54) is 14.8 Å². The average Bonchev–Trinajstić information content (AvgIpc) is 3.72. The van der Waals surface area contributed by atoms with Gasteiger partial charge in [-0.3, -0.25) is 9.59 Å². The number of fused-ring (bicyclic) bond motifs is 2. The molecule has 14 heteroatoms. The van der Waals surface area contributed by atoms with Gasteiger partial charge in [-0.05, 0) is 81.5 Å². The number of rotatable bonds is 20. The largest absolute Gasteiger partial charge is 0.481 e. The van der Waals surface area contributed by atoms with Crippen LogP contribution in [0.25, 0.3) is 21.8 Å². The van der Waals surface area contributed by atoms with Crippen LogP contribution in [0.2, 0.25) is 0 Å². The van der Waals surface area contributed by atoms with Crippen LogP contribution in [0.3, 0.4) is 0 Å². The summed E-state index contributed by atoms with van der Waals surface area (Å²) in [6.07, 6.45) is 4.70. The van der Waals surface area contributed by atoms with Crippen LogP contribution in [0.4, 0.5) is 0 Å². The molecule has 7 N–H and O–H groups in total. The number of carbonyl (C=O) groups excluding carboxylic acids is 3. The van der Waals surface area contributed by atoms with E-state index in [1.807, 2.05) is 109 Å². The van der Waals surface area contributed by atoms with E-state index in [-0.39, 0.29) is 30.6 Å². The van der Waals surface area contributed by atoms with E-state index in [9.17, 15) is 34.5 Å². The van der Waals surface area contributed by atoms with Crippen LogP contribution in [0, 0.1) is 23.7 Å². The second-order valence-corrected chi connectivity index (χ2v) is 15.5. The predicted octanol–water partition coefficient (Wildman–Crippen LogP) is 4.43. The Bertz CT molecular complexity index is 1790. The van der Waals surface area contributed by atoms with Crippen LogP contribution in [0.5, 0.6) is 0 Å². The second-order valence-electron chi connectivity index (χ2n) is 15.5. The Balaban J connectivity index is 0.000000294. The molecule has 2 aromatic carbocycles. The minimum atomic E-state index is -0.917. The number of hydrogen-bond acceptors (Lipinski definition) is 9. The summed E-state index contributed by atoms with van der Waals surface area (Å²) in [6, 6.07) is 14.9. The molecule has 12 nitrogen and oxygen atoms in total. The molecule has 0 fully saturated rings. The molecule has 0 aliphatic rings. The quantitative estimate of drug-likeness (QED) is 0.0387. The first kappa shape index (κ1) is 44.2. The fourth-order valence-electron chi connectivity index (χ4n) is 6.54. The Kier molecular flexibility index (Phi) is 17.2. The van der Waals surface area contributed by atoms with Crippen molar-refractivity contribution in [1.29, 1.82) is 0 Å². The van der Waals surface area contributed by atoms with Gasteiger partial charge in [0, 0.05) is 46.3 Å². The molecule has 0 saturated heterocycles. The lowest BCUT2D eigenvalue weighted by atomic mass is 9.84. The summed E-state index contributed by atoms with van der Waals surface area (Å²) < 4.78 is 5.55. The molecule has 2 radical (unpaired) electrons. The van der Waals surface area contributed by atoms with Crippen molar-refractivity contribution in [2.24, 2.45) is 23.7 Å². The van der Waals surface area contributed by atoms with Crippen LogP contribution in [0.1, 0.15) is 72.4 Å². The lowest BCUT2D eigenvalue weighted by Crippen LogP contribution is -2.46. The summed E-state index contributed by atoms with van der Waals surface area (Å²) in [6.45, 7) is 13.0. The van der Waals surface area contributed by atoms with Gasteiger partial charge in [-0.15, -0.1) is 0 Å². The minimum Gasteiger partial charge on any atom is -0.481 e. The van der Waals surface area contributed by atoms with Crippen LogP contribution in [0.15, 0.2) is 60.9 Å². The Morgan fingerprint density at radius 2 is 1.15 bits per heavy atom. The number of esters is 1. The number of aliphatic carboxylic acids is 1. The first-order valence-electron chi connectivity index (χ1n) is 18.5.